The molecule has 0 amide bonds. The van der Waals surface area contributed by atoms with Crippen molar-refractivity contribution in [3.05, 3.63) is 29.3 Å². The lowest BCUT2D eigenvalue weighted by Gasteiger charge is -2.07. The van der Waals surface area contributed by atoms with E-state index in [0.29, 0.717) is 11.3 Å². The van der Waals surface area contributed by atoms with Crippen molar-refractivity contribution in [3.63, 3.8) is 0 Å². The Kier molecular flexibility index (Phi) is 2.38. The third kappa shape index (κ3) is 1.59. The van der Waals surface area contributed by atoms with Gasteiger partial charge < -0.3 is 4.79 Å². The fraction of sp³-hybridized carbons (Fsp3) is 0.364. The molecule has 0 saturated heterocycles. The Morgan fingerprint density at radius 3 is 2.87 bits per heavy atom. The summed E-state index contributed by atoms with van der Waals surface area (Å²) < 4.78 is 23.5. The van der Waals surface area contributed by atoms with Crippen molar-refractivity contribution in [1.29, 1.82) is 0 Å². The Balaban J connectivity index is 2.67. The van der Waals surface area contributed by atoms with Crippen LogP contribution in [0.15, 0.2) is 23.1 Å². The highest BCUT2D eigenvalue weighted by atomic mass is 32.2. The van der Waals surface area contributed by atoms with Gasteiger partial charge in [0.1, 0.15) is 6.29 Å². The van der Waals surface area contributed by atoms with Crippen molar-refractivity contribution in [1.82, 2.24) is 0 Å². The highest BCUT2D eigenvalue weighted by molar-refractivity contribution is 7.91. The number of hydrogen-bond donors (Lipinski definition) is 0. The van der Waals surface area contributed by atoms with Gasteiger partial charge in [0.05, 0.1) is 10.6 Å². The van der Waals surface area contributed by atoms with Crippen LogP contribution in [0.5, 0.6) is 0 Å². The summed E-state index contributed by atoms with van der Waals surface area (Å²) in [5, 5.41) is 0. The molecule has 1 aromatic rings. The minimum Gasteiger partial charge on any atom is -0.303 e. The summed E-state index contributed by atoms with van der Waals surface area (Å²) >= 11 is 0. The molecule has 1 aliphatic heterocycles. The molecule has 80 valence electrons. The second-order valence-corrected chi connectivity index (χ2v) is 5.88. The van der Waals surface area contributed by atoms with Crippen molar-refractivity contribution >= 4 is 16.1 Å². The van der Waals surface area contributed by atoms with E-state index in [9.17, 15) is 13.2 Å². The van der Waals surface area contributed by atoms with Crippen molar-refractivity contribution in [3.8, 4) is 0 Å². The third-order valence-corrected chi connectivity index (χ3v) is 4.72. The van der Waals surface area contributed by atoms with Gasteiger partial charge in [0.2, 0.25) is 0 Å². The molecule has 0 bridgehead atoms. The van der Waals surface area contributed by atoms with E-state index < -0.39 is 9.84 Å². The molecule has 0 saturated carbocycles. The molecular formula is C11H12O3S. The molecule has 0 radical (unpaired) electrons. The van der Waals surface area contributed by atoms with E-state index >= 15 is 0 Å². The summed E-state index contributed by atoms with van der Waals surface area (Å²) in [6.07, 6.45) is 1.11. The van der Waals surface area contributed by atoms with Crippen LogP contribution in [0, 0.1) is 0 Å². The lowest BCUT2D eigenvalue weighted by molar-refractivity contribution is -0.107. The van der Waals surface area contributed by atoms with Crippen molar-refractivity contribution in [2.24, 2.45) is 0 Å². The highest BCUT2D eigenvalue weighted by Gasteiger charge is 2.33. The molecule has 1 atom stereocenters. The second kappa shape index (κ2) is 3.45. The van der Waals surface area contributed by atoms with E-state index in [0.717, 1.165) is 17.4 Å². The first-order valence-electron chi connectivity index (χ1n) is 4.84. The zero-order valence-electron chi connectivity index (χ0n) is 8.43. The van der Waals surface area contributed by atoms with Crippen LogP contribution >= 0.6 is 0 Å². The van der Waals surface area contributed by atoms with Gasteiger partial charge in [0.25, 0.3) is 0 Å². The molecule has 0 fully saturated rings. The first kappa shape index (κ1) is 10.4. The number of rotatable bonds is 2. The maximum Gasteiger partial charge on any atom is 0.179 e. The van der Waals surface area contributed by atoms with Crippen LogP contribution in [0.3, 0.4) is 0 Å². The first-order chi connectivity index (χ1) is 7.06. The number of aldehydes is 1. The van der Waals surface area contributed by atoms with Crippen molar-refractivity contribution in [2.45, 2.75) is 24.2 Å². The van der Waals surface area contributed by atoms with Crippen LogP contribution in [-0.2, 0) is 21.1 Å². The predicted octanol–water partition coefficient (Wildman–Crippen LogP) is 1.32. The summed E-state index contributed by atoms with van der Waals surface area (Å²) in [7, 11) is -3.11. The van der Waals surface area contributed by atoms with Crippen LogP contribution < -0.4 is 0 Å². The normalized spacial score (nSPS) is 22.3. The van der Waals surface area contributed by atoms with Gasteiger partial charge in [-0.3, -0.25) is 0 Å². The summed E-state index contributed by atoms with van der Waals surface area (Å²) in [5.41, 5.74) is 1.68. The fourth-order valence-corrected chi connectivity index (χ4v) is 4.15. The van der Waals surface area contributed by atoms with Gasteiger partial charge in [-0.2, -0.15) is 0 Å². The van der Waals surface area contributed by atoms with E-state index in [1.54, 1.807) is 12.1 Å². The van der Waals surface area contributed by atoms with Gasteiger partial charge in [0, 0.05) is 6.42 Å². The number of benzene rings is 1. The lowest BCUT2D eigenvalue weighted by atomic mass is 9.96. The van der Waals surface area contributed by atoms with Gasteiger partial charge in [0.15, 0.2) is 9.84 Å². The molecule has 1 heterocycles. The van der Waals surface area contributed by atoms with Gasteiger partial charge in [-0.05, 0) is 23.1 Å². The number of hydrogen-bond acceptors (Lipinski definition) is 3. The summed E-state index contributed by atoms with van der Waals surface area (Å²) in [4.78, 5) is 10.9. The topological polar surface area (TPSA) is 51.2 Å². The number of carbonyl (C=O) groups excluding carboxylic acids is 1. The van der Waals surface area contributed by atoms with Crippen LogP contribution in [0.2, 0.25) is 0 Å². The van der Waals surface area contributed by atoms with Crippen LogP contribution in [0.1, 0.15) is 24.0 Å². The Labute approximate surface area is 89.0 Å². The second-order valence-electron chi connectivity index (χ2n) is 3.88. The smallest absolute Gasteiger partial charge is 0.179 e. The first-order valence-corrected chi connectivity index (χ1v) is 6.49. The molecule has 15 heavy (non-hydrogen) atoms. The largest absolute Gasteiger partial charge is 0.303 e. The Morgan fingerprint density at radius 1 is 1.47 bits per heavy atom. The van der Waals surface area contributed by atoms with E-state index in [4.69, 9.17) is 0 Å². The van der Waals surface area contributed by atoms with Crippen molar-refractivity contribution in [2.75, 3.05) is 5.75 Å². The van der Waals surface area contributed by atoms with Gasteiger partial charge >= 0.3 is 0 Å². The lowest BCUT2D eigenvalue weighted by Crippen LogP contribution is -2.00. The van der Waals surface area contributed by atoms with E-state index in [1.165, 1.54) is 0 Å². The van der Waals surface area contributed by atoms with Gasteiger partial charge in [-0.15, -0.1) is 0 Å². The van der Waals surface area contributed by atoms with Gasteiger partial charge in [-0.25, -0.2) is 8.42 Å². The zero-order chi connectivity index (χ0) is 11.1. The molecule has 0 N–H and O–H groups in total. The fourth-order valence-electron chi connectivity index (χ4n) is 2.19. The molecule has 0 aromatic heterocycles. The zero-order valence-corrected chi connectivity index (χ0v) is 9.25. The average Bonchev–Trinajstić information content (AvgIpc) is 2.39. The van der Waals surface area contributed by atoms with Crippen LogP contribution in [0.4, 0.5) is 0 Å². The monoisotopic (exact) mass is 224 g/mol. The maximum absolute atomic E-state index is 11.7. The summed E-state index contributed by atoms with van der Waals surface area (Å²) in [5.74, 6) is 0.166. The summed E-state index contributed by atoms with van der Waals surface area (Å²) in [6.45, 7) is 1.89. The highest BCUT2D eigenvalue weighted by Crippen LogP contribution is 2.36. The third-order valence-electron chi connectivity index (χ3n) is 2.76. The molecule has 4 heteroatoms. The molecule has 0 spiro atoms. The number of fused-ring (bicyclic) bond motifs is 1. The summed E-state index contributed by atoms with van der Waals surface area (Å²) in [6, 6.07) is 5.15. The number of sulfone groups is 1. The van der Waals surface area contributed by atoms with E-state index in [2.05, 4.69) is 0 Å². The molecule has 2 rings (SSSR count). The minimum atomic E-state index is -3.11. The Hall–Kier alpha value is -1.16. The molecular weight excluding hydrogens is 212 g/mol. The SMILES string of the molecule is CC1CS(=O)(=O)c2cccc(CC=O)c21. The maximum atomic E-state index is 11.7. The van der Waals surface area contributed by atoms with E-state index in [-0.39, 0.29) is 11.7 Å². The number of carbonyl (C=O) groups is 1. The standard InChI is InChI=1S/C11H12O3S/c1-8-7-15(13,14)10-4-2-3-9(5-6-12)11(8)10/h2-4,6,8H,5,7H2,1H3. The Bertz CT molecular complexity index is 503. The molecule has 1 aliphatic rings. The minimum absolute atomic E-state index is 0.00106. The molecule has 0 aliphatic carbocycles. The van der Waals surface area contributed by atoms with Crippen LogP contribution in [0.25, 0.3) is 0 Å². The molecule has 1 aromatic carbocycles. The Morgan fingerprint density at radius 2 is 2.20 bits per heavy atom. The van der Waals surface area contributed by atoms with E-state index in [1.807, 2.05) is 13.0 Å². The van der Waals surface area contributed by atoms with Crippen molar-refractivity contribution < 1.29 is 13.2 Å². The van der Waals surface area contributed by atoms with Crippen LogP contribution in [-0.4, -0.2) is 20.5 Å². The molecule has 3 nitrogen and oxygen atoms in total. The molecule has 1 unspecified atom stereocenters. The predicted molar refractivity (Wildman–Crippen MR) is 56.7 cm³/mol. The average molecular weight is 224 g/mol. The quantitative estimate of drug-likeness (QED) is 0.712. The van der Waals surface area contributed by atoms with Gasteiger partial charge in [-0.1, -0.05) is 19.1 Å².